The number of benzene rings is 2. The van der Waals surface area contributed by atoms with Crippen LogP contribution < -0.4 is 10.1 Å². The number of halogens is 1. The zero-order valence-electron chi connectivity index (χ0n) is 11.2. The highest BCUT2D eigenvalue weighted by atomic mass is 19.1. The van der Waals surface area contributed by atoms with E-state index in [1.807, 2.05) is 24.3 Å². The Kier molecular flexibility index (Phi) is 5.53. The smallest absolute Gasteiger partial charge is 0.129 e. The van der Waals surface area contributed by atoms with E-state index in [9.17, 15) is 4.39 Å². The van der Waals surface area contributed by atoms with Crippen molar-refractivity contribution in [2.45, 2.75) is 13.2 Å². The molecule has 4 heteroatoms. The maximum atomic E-state index is 13.5. The second-order valence-corrected chi connectivity index (χ2v) is 4.39. The summed E-state index contributed by atoms with van der Waals surface area (Å²) in [5, 5.41) is 11.9. The van der Waals surface area contributed by atoms with Gasteiger partial charge >= 0.3 is 0 Å². The SMILES string of the molecule is OCCNCc1ccccc1OCc1ccccc1F. The van der Waals surface area contributed by atoms with E-state index < -0.39 is 0 Å². The molecule has 0 amide bonds. The molecular weight excluding hydrogens is 257 g/mol. The number of ether oxygens (including phenoxy) is 1. The molecular formula is C16H18FNO2. The van der Waals surface area contributed by atoms with Crippen molar-refractivity contribution >= 4 is 0 Å². The zero-order chi connectivity index (χ0) is 14.2. The van der Waals surface area contributed by atoms with Crippen LogP contribution >= 0.6 is 0 Å². The van der Waals surface area contributed by atoms with Gasteiger partial charge in [-0.2, -0.15) is 0 Å². The van der Waals surface area contributed by atoms with E-state index in [1.54, 1.807) is 18.2 Å². The Morgan fingerprint density at radius 1 is 1.00 bits per heavy atom. The molecule has 2 aromatic rings. The van der Waals surface area contributed by atoms with E-state index in [2.05, 4.69) is 5.32 Å². The van der Waals surface area contributed by atoms with Crippen LogP contribution in [-0.4, -0.2) is 18.3 Å². The Hall–Kier alpha value is -1.91. The third-order valence-corrected chi connectivity index (χ3v) is 2.92. The van der Waals surface area contributed by atoms with Crippen molar-refractivity contribution < 1.29 is 14.2 Å². The van der Waals surface area contributed by atoms with Gasteiger partial charge in [-0.05, 0) is 12.1 Å². The summed E-state index contributed by atoms with van der Waals surface area (Å²) in [5.74, 6) is 0.463. The number of aliphatic hydroxyl groups excluding tert-OH is 1. The number of nitrogens with one attached hydrogen (secondary N) is 1. The molecule has 20 heavy (non-hydrogen) atoms. The van der Waals surface area contributed by atoms with Gasteiger partial charge in [-0.3, -0.25) is 0 Å². The standard InChI is InChI=1S/C16H18FNO2/c17-15-7-3-1-6-14(15)12-20-16-8-4-2-5-13(16)11-18-9-10-19/h1-8,18-19H,9-12H2. The number of hydrogen-bond acceptors (Lipinski definition) is 3. The lowest BCUT2D eigenvalue weighted by atomic mass is 10.2. The maximum Gasteiger partial charge on any atom is 0.129 e. The van der Waals surface area contributed by atoms with Gasteiger partial charge in [-0.15, -0.1) is 0 Å². The van der Waals surface area contributed by atoms with Gasteiger partial charge in [0.05, 0.1) is 6.61 Å². The minimum absolute atomic E-state index is 0.0955. The lowest BCUT2D eigenvalue weighted by Crippen LogP contribution is -2.18. The van der Waals surface area contributed by atoms with E-state index in [0.29, 0.717) is 18.7 Å². The molecule has 0 saturated heterocycles. The zero-order valence-corrected chi connectivity index (χ0v) is 11.2. The number of aliphatic hydroxyl groups is 1. The molecule has 0 unspecified atom stereocenters. The molecule has 0 aliphatic rings. The molecule has 3 nitrogen and oxygen atoms in total. The van der Waals surface area contributed by atoms with Gasteiger partial charge in [0, 0.05) is 24.2 Å². The predicted molar refractivity (Wildman–Crippen MR) is 76.0 cm³/mol. The average Bonchev–Trinajstić information content (AvgIpc) is 2.48. The van der Waals surface area contributed by atoms with Crippen LogP contribution in [0.25, 0.3) is 0 Å². The molecule has 0 heterocycles. The Labute approximate surface area is 118 Å². The predicted octanol–water partition coefficient (Wildman–Crippen LogP) is 2.49. The molecule has 0 fully saturated rings. The van der Waals surface area contributed by atoms with Crippen molar-refractivity contribution in [3.05, 3.63) is 65.5 Å². The summed E-state index contributed by atoms with van der Waals surface area (Å²) in [7, 11) is 0. The fourth-order valence-electron chi connectivity index (χ4n) is 1.86. The quantitative estimate of drug-likeness (QED) is 0.763. The highest BCUT2D eigenvalue weighted by molar-refractivity contribution is 5.33. The van der Waals surface area contributed by atoms with Gasteiger partial charge < -0.3 is 15.2 Å². The van der Waals surface area contributed by atoms with Gasteiger partial charge in [0.1, 0.15) is 18.2 Å². The molecule has 0 bridgehead atoms. The van der Waals surface area contributed by atoms with Crippen LogP contribution in [0.3, 0.4) is 0 Å². The van der Waals surface area contributed by atoms with Crippen LogP contribution in [0, 0.1) is 5.82 Å². The lowest BCUT2D eigenvalue weighted by molar-refractivity contribution is 0.286. The number of hydrogen-bond donors (Lipinski definition) is 2. The molecule has 0 radical (unpaired) electrons. The van der Waals surface area contributed by atoms with Crippen LogP contribution in [0.5, 0.6) is 5.75 Å². The fraction of sp³-hybridized carbons (Fsp3) is 0.250. The summed E-state index contributed by atoms with van der Waals surface area (Å²) in [4.78, 5) is 0. The van der Waals surface area contributed by atoms with Crippen LogP contribution in [0.15, 0.2) is 48.5 Å². The van der Waals surface area contributed by atoms with E-state index in [0.717, 1.165) is 11.3 Å². The number of rotatable bonds is 7. The minimum Gasteiger partial charge on any atom is -0.488 e. The van der Waals surface area contributed by atoms with Gasteiger partial charge in [0.2, 0.25) is 0 Å². The van der Waals surface area contributed by atoms with E-state index >= 15 is 0 Å². The molecule has 0 spiro atoms. The average molecular weight is 275 g/mol. The van der Waals surface area contributed by atoms with Crippen molar-refractivity contribution in [3.8, 4) is 5.75 Å². The highest BCUT2D eigenvalue weighted by Crippen LogP contribution is 2.19. The topological polar surface area (TPSA) is 41.5 Å². The lowest BCUT2D eigenvalue weighted by Gasteiger charge is -2.12. The Balaban J connectivity index is 2.00. The third kappa shape index (κ3) is 4.05. The van der Waals surface area contributed by atoms with Crippen molar-refractivity contribution in [2.24, 2.45) is 0 Å². The van der Waals surface area contributed by atoms with Crippen molar-refractivity contribution in [2.75, 3.05) is 13.2 Å². The van der Waals surface area contributed by atoms with Gasteiger partial charge in [0.25, 0.3) is 0 Å². The number of para-hydroxylation sites is 1. The molecule has 2 aromatic carbocycles. The normalized spacial score (nSPS) is 10.5. The molecule has 0 aromatic heterocycles. The van der Waals surface area contributed by atoms with Crippen molar-refractivity contribution in [1.29, 1.82) is 0 Å². The molecule has 0 saturated carbocycles. The second-order valence-electron chi connectivity index (χ2n) is 4.39. The van der Waals surface area contributed by atoms with Crippen LogP contribution in [-0.2, 0) is 13.2 Å². The van der Waals surface area contributed by atoms with E-state index in [1.165, 1.54) is 6.07 Å². The van der Waals surface area contributed by atoms with Crippen LogP contribution in [0.1, 0.15) is 11.1 Å². The summed E-state index contributed by atoms with van der Waals surface area (Å²) < 4.78 is 19.2. The molecule has 0 aliphatic carbocycles. The van der Waals surface area contributed by atoms with Crippen LogP contribution in [0.4, 0.5) is 4.39 Å². The summed E-state index contributed by atoms with van der Waals surface area (Å²) in [6.07, 6.45) is 0. The summed E-state index contributed by atoms with van der Waals surface area (Å²) >= 11 is 0. The first-order valence-electron chi connectivity index (χ1n) is 6.57. The first-order valence-corrected chi connectivity index (χ1v) is 6.57. The Morgan fingerprint density at radius 2 is 1.70 bits per heavy atom. The summed E-state index contributed by atoms with van der Waals surface area (Å²) in [6.45, 7) is 1.43. The van der Waals surface area contributed by atoms with Gasteiger partial charge in [0.15, 0.2) is 0 Å². The highest BCUT2D eigenvalue weighted by Gasteiger charge is 2.05. The monoisotopic (exact) mass is 275 g/mol. The Morgan fingerprint density at radius 3 is 2.45 bits per heavy atom. The summed E-state index contributed by atoms with van der Waals surface area (Å²) in [6, 6.07) is 14.2. The molecule has 2 N–H and O–H groups in total. The maximum absolute atomic E-state index is 13.5. The molecule has 0 aliphatic heterocycles. The van der Waals surface area contributed by atoms with Crippen molar-refractivity contribution in [1.82, 2.24) is 5.32 Å². The Bertz CT molecular complexity index is 546. The first kappa shape index (κ1) is 14.5. The summed E-state index contributed by atoms with van der Waals surface area (Å²) in [5.41, 5.74) is 1.52. The second kappa shape index (κ2) is 7.62. The van der Waals surface area contributed by atoms with Crippen molar-refractivity contribution in [3.63, 3.8) is 0 Å². The largest absolute Gasteiger partial charge is 0.488 e. The van der Waals surface area contributed by atoms with Gasteiger partial charge in [-0.1, -0.05) is 36.4 Å². The van der Waals surface area contributed by atoms with E-state index in [-0.39, 0.29) is 19.0 Å². The third-order valence-electron chi connectivity index (χ3n) is 2.92. The van der Waals surface area contributed by atoms with E-state index in [4.69, 9.17) is 9.84 Å². The van der Waals surface area contributed by atoms with Gasteiger partial charge in [-0.25, -0.2) is 4.39 Å². The first-order chi connectivity index (χ1) is 9.81. The fourth-order valence-corrected chi connectivity index (χ4v) is 1.86. The molecule has 0 atom stereocenters. The van der Waals surface area contributed by atoms with Crippen LogP contribution in [0.2, 0.25) is 0 Å². The molecule has 2 rings (SSSR count). The molecule has 106 valence electrons. The minimum atomic E-state index is -0.261.